The molecule has 0 saturated carbocycles. The number of hydrogen-bond donors (Lipinski definition) is 1. The molecule has 1 N–H and O–H groups in total. The van der Waals surface area contributed by atoms with E-state index < -0.39 is 11.6 Å². The summed E-state index contributed by atoms with van der Waals surface area (Å²) in [5, 5.41) is 2.89. The highest BCUT2D eigenvalue weighted by Crippen LogP contribution is 2.40. The van der Waals surface area contributed by atoms with Gasteiger partial charge in [-0.15, -0.1) is 0 Å². The lowest BCUT2D eigenvalue weighted by atomic mass is 10.0. The van der Waals surface area contributed by atoms with Crippen molar-refractivity contribution in [1.29, 1.82) is 0 Å². The summed E-state index contributed by atoms with van der Waals surface area (Å²) in [5.74, 6) is -0.541. The molecule has 0 aliphatic carbocycles. The fourth-order valence-corrected chi connectivity index (χ4v) is 2.83. The number of nitrogens with one attached hydrogen (secondary N) is 1. The van der Waals surface area contributed by atoms with Gasteiger partial charge in [-0.1, -0.05) is 24.3 Å². The number of hydrogen-bond acceptors (Lipinski definition) is 3. The van der Waals surface area contributed by atoms with Gasteiger partial charge >= 0.3 is 0 Å². The Morgan fingerprint density at radius 1 is 0.920 bits per heavy atom. The maximum absolute atomic E-state index is 14.0. The zero-order chi connectivity index (χ0) is 17.4. The molecule has 0 saturated heterocycles. The first kappa shape index (κ1) is 15.3. The Morgan fingerprint density at radius 3 is 2.60 bits per heavy atom. The van der Waals surface area contributed by atoms with E-state index in [0.29, 0.717) is 22.7 Å². The molecular weight excluding hydrogens is 324 g/mol. The van der Waals surface area contributed by atoms with Crippen LogP contribution in [-0.2, 0) is 6.42 Å². The van der Waals surface area contributed by atoms with Gasteiger partial charge < -0.3 is 10.1 Å². The lowest BCUT2D eigenvalue weighted by Crippen LogP contribution is -2.03. The van der Waals surface area contributed by atoms with E-state index >= 15 is 0 Å². The van der Waals surface area contributed by atoms with Gasteiger partial charge in [-0.3, -0.25) is 4.79 Å². The maximum atomic E-state index is 14.0. The summed E-state index contributed by atoms with van der Waals surface area (Å²) in [6.45, 7) is 0. The Hall–Kier alpha value is -3.21. The van der Waals surface area contributed by atoms with E-state index in [1.54, 1.807) is 24.3 Å². The first-order valence-corrected chi connectivity index (χ1v) is 7.76. The minimum absolute atomic E-state index is 0.0804. The summed E-state index contributed by atoms with van der Waals surface area (Å²) in [5.41, 5.74) is 1.75. The van der Waals surface area contributed by atoms with Crippen molar-refractivity contribution >= 4 is 17.2 Å². The lowest BCUT2D eigenvalue weighted by molar-refractivity contribution is 0.0993. The van der Waals surface area contributed by atoms with Gasteiger partial charge in [0.05, 0.1) is 16.9 Å². The second kappa shape index (κ2) is 6.02. The average Bonchev–Trinajstić information content (AvgIpc) is 2.74. The number of fused-ring (bicyclic) bond motifs is 2. The van der Waals surface area contributed by atoms with Crippen LogP contribution in [0.3, 0.4) is 0 Å². The van der Waals surface area contributed by atoms with Crippen molar-refractivity contribution < 1.29 is 18.3 Å². The molecular formula is C20H13F2NO2. The highest BCUT2D eigenvalue weighted by Gasteiger charge is 2.23. The van der Waals surface area contributed by atoms with Gasteiger partial charge in [-0.25, -0.2) is 8.78 Å². The summed E-state index contributed by atoms with van der Waals surface area (Å²) < 4.78 is 33.0. The molecule has 0 fully saturated rings. The third-order valence-electron chi connectivity index (χ3n) is 4.05. The number of halogens is 2. The quantitative estimate of drug-likeness (QED) is 0.695. The predicted octanol–water partition coefficient (Wildman–Crippen LogP) is 5.24. The summed E-state index contributed by atoms with van der Waals surface area (Å²) in [7, 11) is 0. The third-order valence-corrected chi connectivity index (χ3v) is 4.05. The number of benzene rings is 3. The van der Waals surface area contributed by atoms with Crippen molar-refractivity contribution in [2.24, 2.45) is 0 Å². The molecule has 124 valence electrons. The number of para-hydroxylation sites is 2. The second-order valence-electron chi connectivity index (χ2n) is 5.74. The van der Waals surface area contributed by atoms with E-state index in [1.807, 2.05) is 18.2 Å². The normalized spacial score (nSPS) is 12.6. The highest BCUT2D eigenvalue weighted by molar-refractivity contribution is 6.03. The molecule has 3 aromatic rings. The smallest absolute Gasteiger partial charge is 0.171 e. The summed E-state index contributed by atoms with van der Waals surface area (Å²) in [6, 6.07) is 15.6. The van der Waals surface area contributed by atoms with Crippen molar-refractivity contribution in [1.82, 2.24) is 0 Å². The Balaban J connectivity index is 1.79. The van der Waals surface area contributed by atoms with E-state index in [-0.39, 0.29) is 17.9 Å². The van der Waals surface area contributed by atoms with E-state index in [4.69, 9.17) is 4.74 Å². The molecule has 3 nitrogen and oxygen atoms in total. The number of ether oxygens (including phenoxy) is 1. The van der Waals surface area contributed by atoms with Gasteiger partial charge in [-0.05, 0) is 30.3 Å². The van der Waals surface area contributed by atoms with Gasteiger partial charge in [-0.2, -0.15) is 0 Å². The number of Topliss-reactive ketones (excluding diaryl/α,β-unsaturated/α-hetero) is 1. The van der Waals surface area contributed by atoms with E-state index in [0.717, 1.165) is 17.7 Å². The van der Waals surface area contributed by atoms with Gasteiger partial charge in [0.2, 0.25) is 0 Å². The Labute approximate surface area is 142 Å². The Bertz CT molecular complexity index is 985. The van der Waals surface area contributed by atoms with Crippen LogP contribution in [0.25, 0.3) is 0 Å². The molecule has 0 amide bonds. The monoisotopic (exact) mass is 337 g/mol. The molecule has 5 heteroatoms. The first-order valence-electron chi connectivity index (χ1n) is 7.76. The summed E-state index contributed by atoms with van der Waals surface area (Å²) in [6.07, 6.45) is 0.234. The zero-order valence-corrected chi connectivity index (χ0v) is 13.1. The molecule has 25 heavy (non-hydrogen) atoms. The van der Waals surface area contributed by atoms with Gasteiger partial charge in [0.25, 0.3) is 0 Å². The topological polar surface area (TPSA) is 38.3 Å². The molecule has 0 bridgehead atoms. The molecule has 0 aromatic heterocycles. The van der Waals surface area contributed by atoms with Crippen molar-refractivity contribution in [2.45, 2.75) is 6.42 Å². The molecule has 3 aromatic carbocycles. The van der Waals surface area contributed by atoms with Crippen LogP contribution in [0.1, 0.15) is 15.9 Å². The molecule has 0 unspecified atom stereocenters. The number of ketones is 1. The molecule has 1 aliphatic rings. The second-order valence-corrected chi connectivity index (χ2v) is 5.74. The van der Waals surface area contributed by atoms with Crippen LogP contribution >= 0.6 is 0 Å². The fraction of sp³-hybridized carbons (Fsp3) is 0.0500. The van der Waals surface area contributed by atoms with Crippen LogP contribution < -0.4 is 10.1 Å². The molecule has 0 radical (unpaired) electrons. The van der Waals surface area contributed by atoms with Crippen LogP contribution in [0.2, 0.25) is 0 Å². The molecule has 1 heterocycles. The summed E-state index contributed by atoms with van der Waals surface area (Å²) >= 11 is 0. The van der Waals surface area contributed by atoms with Crippen LogP contribution in [0.15, 0.2) is 60.7 Å². The van der Waals surface area contributed by atoms with Gasteiger partial charge in [0.1, 0.15) is 17.4 Å². The van der Waals surface area contributed by atoms with Crippen LogP contribution in [0.5, 0.6) is 11.5 Å². The highest BCUT2D eigenvalue weighted by atomic mass is 19.1. The minimum Gasteiger partial charge on any atom is -0.454 e. The standard InChI is InChI=1S/C20H13F2NO2/c21-13-8-9-16(15(22)11-13)23-17-6-3-5-14-18(24)10-12-4-1-2-7-19(12)25-20(14)17/h1-9,11,23H,10H2. The third kappa shape index (κ3) is 2.85. The Morgan fingerprint density at radius 2 is 1.76 bits per heavy atom. The van der Waals surface area contributed by atoms with Crippen LogP contribution in [0, 0.1) is 11.6 Å². The summed E-state index contributed by atoms with van der Waals surface area (Å²) in [4.78, 5) is 12.6. The molecule has 0 spiro atoms. The minimum atomic E-state index is -0.724. The SMILES string of the molecule is O=C1Cc2ccccc2Oc2c(Nc3ccc(F)cc3F)cccc21. The number of anilines is 2. The van der Waals surface area contributed by atoms with Crippen LogP contribution in [-0.4, -0.2) is 5.78 Å². The number of carbonyl (C=O) groups excluding carboxylic acids is 1. The van der Waals surface area contributed by atoms with Crippen molar-refractivity contribution in [3.63, 3.8) is 0 Å². The fourth-order valence-electron chi connectivity index (χ4n) is 2.83. The van der Waals surface area contributed by atoms with E-state index in [1.165, 1.54) is 6.07 Å². The lowest BCUT2D eigenvalue weighted by Gasteiger charge is -2.15. The largest absolute Gasteiger partial charge is 0.454 e. The predicted molar refractivity (Wildman–Crippen MR) is 90.6 cm³/mol. The average molecular weight is 337 g/mol. The molecule has 4 rings (SSSR count). The van der Waals surface area contributed by atoms with Crippen molar-refractivity contribution in [2.75, 3.05) is 5.32 Å². The van der Waals surface area contributed by atoms with Crippen LogP contribution in [0.4, 0.5) is 20.2 Å². The maximum Gasteiger partial charge on any atom is 0.171 e. The van der Waals surface area contributed by atoms with Gasteiger partial charge in [0.15, 0.2) is 11.5 Å². The number of rotatable bonds is 2. The van der Waals surface area contributed by atoms with Crippen molar-refractivity contribution in [3.8, 4) is 11.5 Å². The molecule has 1 aliphatic heterocycles. The van der Waals surface area contributed by atoms with Crippen molar-refractivity contribution in [3.05, 3.63) is 83.4 Å². The zero-order valence-electron chi connectivity index (χ0n) is 13.1. The molecule has 0 atom stereocenters. The van der Waals surface area contributed by atoms with Gasteiger partial charge in [0, 0.05) is 18.1 Å². The number of carbonyl (C=O) groups is 1. The van der Waals surface area contributed by atoms with E-state index in [2.05, 4.69) is 5.32 Å². The van der Waals surface area contributed by atoms with E-state index in [9.17, 15) is 13.6 Å². The first-order chi connectivity index (χ1) is 12.1. The Kier molecular flexibility index (Phi) is 3.69.